The van der Waals surface area contributed by atoms with Crippen molar-refractivity contribution in [3.05, 3.63) is 66.5 Å². The molecule has 2 aromatic rings. The zero-order valence-electron chi connectivity index (χ0n) is 8.69. The normalized spacial score (nSPS) is 9.81. The molecular formula is C14H11FO. The molecule has 0 saturated carbocycles. The van der Waals surface area contributed by atoms with Crippen molar-refractivity contribution in [1.29, 1.82) is 0 Å². The number of halogens is 1. The molecule has 0 aliphatic heterocycles. The predicted octanol–water partition coefficient (Wildman–Crippen LogP) is 4.26. The molecule has 0 atom stereocenters. The van der Waals surface area contributed by atoms with Crippen LogP contribution in [0.4, 0.5) is 4.39 Å². The summed E-state index contributed by atoms with van der Waals surface area (Å²) in [6.45, 7) is 3.69. The van der Waals surface area contributed by atoms with Gasteiger partial charge < -0.3 is 4.74 Å². The molecule has 0 amide bonds. The summed E-state index contributed by atoms with van der Waals surface area (Å²) >= 11 is 0. The molecule has 2 rings (SSSR count). The standard InChI is InChI=1S/C14H11FO/c1-2-11-4-3-5-14(10-11)16-13-8-6-12(15)7-9-13/h2-10H,1H2. The lowest BCUT2D eigenvalue weighted by molar-refractivity contribution is 0.480. The number of rotatable bonds is 3. The summed E-state index contributed by atoms with van der Waals surface area (Å²) in [4.78, 5) is 0. The van der Waals surface area contributed by atoms with E-state index in [0.29, 0.717) is 11.5 Å². The Morgan fingerprint density at radius 2 is 1.75 bits per heavy atom. The van der Waals surface area contributed by atoms with Crippen LogP contribution in [0.15, 0.2) is 55.1 Å². The molecular weight excluding hydrogens is 203 g/mol. The van der Waals surface area contributed by atoms with Gasteiger partial charge in [0.25, 0.3) is 0 Å². The number of ether oxygens (including phenoxy) is 1. The van der Waals surface area contributed by atoms with Crippen LogP contribution in [-0.2, 0) is 0 Å². The van der Waals surface area contributed by atoms with E-state index in [1.165, 1.54) is 12.1 Å². The van der Waals surface area contributed by atoms with Crippen LogP contribution in [0.2, 0.25) is 0 Å². The molecule has 0 spiro atoms. The van der Waals surface area contributed by atoms with Gasteiger partial charge in [-0.2, -0.15) is 0 Å². The Bertz CT molecular complexity index is 488. The second-order valence-corrected chi connectivity index (χ2v) is 3.33. The molecule has 80 valence electrons. The lowest BCUT2D eigenvalue weighted by Gasteiger charge is -2.05. The summed E-state index contributed by atoms with van der Waals surface area (Å²) in [5.74, 6) is 1.05. The van der Waals surface area contributed by atoms with Crippen LogP contribution in [0.25, 0.3) is 6.08 Å². The van der Waals surface area contributed by atoms with Gasteiger partial charge in [0.2, 0.25) is 0 Å². The van der Waals surface area contributed by atoms with Gasteiger partial charge in [-0.05, 0) is 42.0 Å². The summed E-state index contributed by atoms with van der Waals surface area (Å²) in [5, 5.41) is 0. The summed E-state index contributed by atoms with van der Waals surface area (Å²) in [7, 11) is 0. The molecule has 0 bridgehead atoms. The van der Waals surface area contributed by atoms with Gasteiger partial charge in [0.05, 0.1) is 0 Å². The first-order chi connectivity index (χ1) is 7.78. The van der Waals surface area contributed by atoms with Crippen LogP contribution < -0.4 is 4.74 Å². The Balaban J connectivity index is 2.20. The van der Waals surface area contributed by atoms with Gasteiger partial charge in [-0.1, -0.05) is 24.8 Å². The Morgan fingerprint density at radius 3 is 2.44 bits per heavy atom. The fourth-order valence-corrected chi connectivity index (χ4v) is 1.34. The highest BCUT2D eigenvalue weighted by Crippen LogP contribution is 2.22. The molecule has 0 aliphatic carbocycles. The van der Waals surface area contributed by atoms with Crippen molar-refractivity contribution >= 4 is 6.08 Å². The van der Waals surface area contributed by atoms with E-state index in [-0.39, 0.29) is 5.82 Å². The molecule has 1 nitrogen and oxygen atoms in total. The zero-order valence-corrected chi connectivity index (χ0v) is 8.69. The first kappa shape index (κ1) is 10.4. The van der Waals surface area contributed by atoms with Crippen molar-refractivity contribution in [1.82, 2.24) is 0 Å². The van der Waals surface area contributed by atoms with Crippen molar-refractivity contribution in [2.45, 2.75) is 0 Å². The van der Waals surface area contributed by atoms with Crippen molar-refractivity contribution in [3.63, 3.8) is 0 Å². The predicted molar refractivity (Wildman–Crippen MR) is 63.0 cm³/mol. The maximum atomic E-state index is 12.7. The Kier molecular flexibility index (Phi) is 3.01. The highest BCUT2D eigenvalue weighted by Gasteiger charge is 1.97. The van der Waals surface area contributed by atoms with Gasteiger partial charge >= 0.3 is 0 Å². The monoisotopic (exact) mass is 214 g/mol. The van der Waals surface area contributed by atoms with Gasteiger partial charge in [0.15, 0.2) is 0 Å². The van der Waals surface area contributed by atoms with E-state index in [1.54, 1.807) is 18.2 Å². The van der Waals surface area contributed by atoms with E-state index in [4.69, 9.17) is 4.74 Å². The lowest BCUT2D eigenvalue weighted by Crippen LogP contribution is -1.84. The van der Waals surface area contributed by atoms with E-state index >= 15 is 0 Å². The fourth-order valence-electron chi connectivity index (χ4n) is 1.34. The number of hydrogen-bond acceptors (Lipinski definition) is 1. The van der Waals surface area contributed by atoms with Gasteiger partial charge in [0, 0.05) is 0 Å². The van der Waals surface area contributed by atoms with Gasteiger partial charge in [-0.15, -0.1) is 0 Å². The summed E-state index contributed by atoms with van der Waals surface area (Å²) in [6, 6.07) is 13.5. The molecule has 2 heteroatoms. The smallest absolute Gasteiger partial charge is 0.128 e. The maximum absolute atomic E-state index is 12.7. The van der Waals surface area contributed by atoms with Crippen LogP contribution in [0.3, 0.4) is 0 Å². The van der Waals surface area contributed by atoms with Crippen LogP contribution in [0.5, 0.6) is 11.5 Å². The molecule has 0 aliphatic rings. The Morgan fingerprint density at radius 1 is 1.00 bits per heavy atom. The van der Waals surface area contributed by atoms with Crippen LogP contribution in [-0.4, -0.2) is 0 Å². The number of hydrogen-bond donors (Lipinski definition) is 0. The molecule has 0 aromatic heterocycles. The molecule has 0 radical (unpaired) electrons. The minimum atomic E-state index is -0.271. The van der Waals surface area contributed by atoms with Gasteiger partial charge in [0.1, 0.15) is 17.3 Å². The third-order valence-electron chi connectivity index (χ3n) is 2.14. The largest absolute Gasteiger partial charge is 0.457 e. The van der Waals surface area contributed by atoms with E-state index in [1.807, 2.05) is 24.3 Å². The zero-order chi connectivity index (χ0) is 11.4. The molecule has 2 aromatic carbocycles. The van der Waals surface area contributed by atoms with Crippen molar-refractivity contribution in [2.75, 3.05) is 0 Å². The molecule has 0 saturated heterocycles. The molecule has 0 N–H and O–H groups in total. The van der Waals surface area contributed by atoms with Gasteiger partial charge in [-0.3, -0.25) is 0 Å². The summed E-state index contributed by atoms with van der Waals surface area (Å²) in [6.07, 6.45) is 1.75. The second-order valence-electron chi connectivity index (χ2n) is 3.33. The van der Waals surface area contributed by atoms with E-state index in [9.17, 15) is 4.39 Å². The van der Waals surface area contributed by atoms with Crippen molar-refractivity contribution in [2.24, 2.45) is 0 Å². The third-order valence-corrected chi connectivity index (χ3v) is 2.14. The highest BCUT2D eigenvalue weighted by atomic mass is 19.1. The van der Waals surface area contributed by atoms with Crippen LogP contribution in [0.1, 0.15) is 5.56 Å². The van der Waals surface area contributed by atoms with Crippen molar-refractivity contribution < 1.29 is 9.13 Å². The van der Waals surface area contributed by atoms with Crippen molar-refractivity contribution in [3.8, 4) is 11.5 Å². The third kappa shape index (κ3) is 2.48. The first-order valence-corrected chi connectivity index (χ1v) is 4.94. The summed E-state index contributed by atoms with van der Waals surface area (Å²) < 4.78 is 18.2. The average molecular weight is 214 g/mol. The fraction of sp³-hybridized carbons (Fsp3) is 0. The van der Waals surface area contributed by atoms with Crippen LogP contribution in [0, 0.1) is 5.82 Å². The first-order valence-electron chi connectivity index (χ1n) is 4.94. The minimum absolute atomic E-state index is 0.271. The quantitative estimate of drug-likeness (QED) is 0.741. The molecule has 16 heavy (non-hydrogen) atoms. The summed E-state index contributed by atoms with van der Waals surface area (Å²) in [5.41, 5.74) is 0.986. The SMILES string of the molecule is C=Cc1cccc(Oc2ccc(F)cc2)c1. The molecule has 0 fully saturated rings. The highest BCUT2D eigenvalue weighted by molar-refractivity contribution is 5.50. The van der Waals surface area contributed by atoms with E-state index in [2.05, 4.69) is 6.58 Å². The maximum Gasteiger partial charge on any atom is 0.128 e. The van der Waals surface area contributed by atoms with E-state index < -0.39 is 0 Å². The van der Waals surface area contributed by atoms with Gasteiger partial charge in [-0.25, -0.2) is 4.39 Å². The lowest BCUT2D eigenvalue weighted by atomic mass is 10.2. The topological polar surface area (TPSA) is 9.23 Å². The van der Waals surface area contributed by atoms with Crippen LogP contribution >= 0.6 is 0 Å². The molecule has 0 heterocycles. The average Bonchev–Trinajstić information content (AvgIpc) is 2.32. The number of benzene rings is 2. The minimum Gasteiger partial charge on any atom is -0.457 e. The Hall–Kier alpha value is -2.09. The molecule has 0 unspecified atom stereocenters. The second kappa shape index (κ2) is 4.62. The van der Waals surface area contributed by atoms with E-state index in [0.717, 1.165) is 5.56 Å². The Labute approximate surface area is 93.8 Å².